The van der Waals surface area contributed by atoms with Crippen LogP contribution in [0.15, 0.2) is 89.8 Å². The summed E-state index contributed by atoms with van der Waals surface area (Å²) in [5.74, 6) is -0.112. The fourth-order valence-corrected chi connectivity index (χ4v) is 6.40. The van der Waals surface area contributed by atoms with Crippen LogP contribution in [-0.2, 0) is 26.2 Å². The van der Waals surface area contributed by atoms with Gasteiger partial charge in [0.25, 0.3) is 10.0 Å². The zero-order valence-electron chi connectivity index (χ0n) is 23.0. The molecule has 1 saturated carbocycles. The molecule has 3 aromatic carbocycles. The number of benzene rings is 3. The maximum Gasteiger partial charge on any atom is 0.264 e. The maximum absolute atomic E-state index is 14.0. The van der Waals surface area contributed by atoms with Crippen LogP contribution in [0, 0.1) is 0 Å². The van der Waals surface area contributed by atoms with Gasteiger partial charge >= 0.3 is 0 Å². The van der Waals surface area contributed by atoms with E-state index in [1.165, 1.54) is 17.0 Å². The van der Waals surface area contributed by atoms with E-state index in [-0.39, 0.29) is 23.4 Å². The van der Waals surface area contributed by atoms with Crippen molar-refractivity contribution < 1.29 is 22.7 Å². The topological polar surface area (TPSA) is 96.0 Å². The molecule has 0 aromatic heterocycles. The van der Waals surface area contributed by atoms with Gasteiger partial charge < -0.3 is 15.0 Å². The van der Waals surface area contributed by atoms with Crippen molar-refractivity contribution in [3.05, 3.63) is 90.5 Å². The fraction of sp³-hybridized carbons (Fsp3) is 0.355. The van der Waals surface area contributed by atoms with Crippen LogP contribution >= 0.6 is 0 Å². The van der Waals surface area contributed by atoms with E-state index < -0.39 is 28.5 Å². The molecule has 2 amide bonds. The van der Waals surface area contributed by atoms with Crippen molar-refractivity contribution in [2.24, 2.45) is 0 Å². The van der Waals surface area contributed by atoms with E-state index in [0.29, 0.717) is 11.4 Å². The highest BCUT2D eigenvalue weighted by Crippen LogP contribution is 2.25. The van der Waals surface area contributed by atoms with E-state index in [1.54, 1.807) is 68.6 Å². The number of methoxy groups -OCH3 is 1. The molecular weight excluding hydrogens is 526 g/mol. The third-order valence-corrected chi connectivity index (χ3v) is 9.05. The molecule has 0 bridgehead atoms. The monoisotopic (exact) mass is 563 g/mol. The molecular formula is C31H37N3O5S. The van der Waals surface area contributed by atoms with Crippen molar-refractivity contribution in [1.29, 1.82) is 0 Å². The molecule has 4 rings (SSSR count). The summed E-state index contributed by atoms with van der Waals surface area (Å²) < 4.78 is 34.0. The zero-order chi connectivity index (χ0) is 28.5. The second-order valence-corrected chi connectivity index (χ2v) is 11.9. The van der Waals surface area contributed by atoms with Crippen LogP contribution in [-0.4, -0.2) is 50.9 Å². The molecule has 0 heterocycles. The Morgan fingerprint density at radius 3 is 2.23 bits per heavy atom. The second kappa shape index (κ2) is 13.5. The summed E-state index contributed by atoms with van der Waals surface area (Å²) in [6.45, 7) is 1.34. The van der Waals surface area contributed by atoms with Gasteiger partial charge in [0.05, 0.1) is 17.7 Å². The van der Waals surface area contributed by atoms with Gasteiger partial charge in [-0.2, -0.15) is 0 Å². The van der Waals surface area contributed by atoms with Crippen molar-refractivity contribution in [2.75, 3.05) is 18.0 Å². The molecule has 1 aliphatic rings. The molecule has 1 fully saturated rings. The Bertz CT molecular complexity index is 1380. The summed E-state index contributed by atoms with van der Waals surface area (Å²) in [5, 5.41) is 3.11. The lowest BCUT2D eigenvalue weighted by Crippen LogP contribution is -2.53. The average molecular weight is 564 g/mol. The Labute approximate surface area is 237 Å². The molecule has 1 N–H and O–H groups in total. The molecule has 0 saturated heterocycles. The normalized spacial score (nSPS) is 14.7. The molecule has 0 spiro atoms. The van der Waals surface area contributed by atoms with Crippen LogP contribution in [0.3, 0.4) is 0 Å². The first kappa shape index (κ1) is 29.1. The second-order valence-electron chi connectivity index (χ2n) is 10.1. The minimum Gasteiger partial charge on any atom is -0.497 e. The van der Waals surface area contributed by atoms with Crippen LogP contribution in [0.5, 0.6) is 5.75 Å². The fourth-order valence-electron chi connectivity index (χ4n) is 4.96. The van der Waals surface area contributed by atoms with Gasteiger partial charge in [0.15, 0.2) is 0 Å². The number of sulfonamides is 1. The number of nitrogens with one attached hydrogen (secondary N) is 1. The molecule has 3 aromatic rings. The number of para-hydroxylation sites is 1. The predicted octanol–water partition coefficient (Wildman–Crippen LogP) is 4.76. The van der Waals surface area contributed by atoms with Gasteiger partial charge in [-0.1, -0.05) is 67.8 Å². The number of rotatable bonds is 11. The van der Waals surface area contributed by atoms with E-state index in [0.717, 1.165) is 42.0 Å². The highest BCUT2D eigenvalue weighted by molar-refractivity contribution is 7.92. The third kappa shape index (κ3) is 7.21. The number of hydrogen-bond acceptors (Lipinski definition) is 5. The molecule has 0 aliphatic heterocycles. The number of nitrogens with zero attached hydrogens (tertiary/aromatic N) is 2. The summed E-state index contributed by atoms with van der Waals surface area (Å²) in [5.41, 5.74) is 1.13. The molecule has 40 heavy (non-hydrogen) atoms. The van der Waals surface area contributed by atoms with Crippen LogP contribution in [0.4, 0.5) is 5.69 Å². The number of carbonyl (C=O) groups excluding carboxylic acids is 2. The Kier molecular flexibility index (Phi) is 9.82. The largest absolute Gasteiger partial charge is 0.497 e. The van der Waals surface area contributed by atoms with Crippen molar-refractivity contribution in [1.82, 2.24) is 10.2 Å². The highest BCUT2D eigenvalue weighted by Gasteiger charge is 2.33. The molecule has 212 valence electrons. The number of ether oxygens (including phenoxy) is 1. The number of anilines is 1. The highest BCUT2D eigenvalue weighted by atomic mass is 32.2. The Morgan fingerprint density at radius 2 is 1.57 bits per heavy atom. The van der Waals surface area contributed by atoms with E-state index in [9.17, 15) is 18.0 Å². The Morgan fingerprint density at radius 1 is 0.925 bits per heavy atom. The smallest absolute Gasteiger partial charge is 0.264 e. The Balaban J connectivity index is 1.65. The van der Waals surface area contributed by atoms with E-state index in [4.69, 9.17) is 4.74 Å². The number of carbonyl (C=O) groups is 2. The first-order valence-electron chi connectivity index (χ1n) is 13.6. The molecule has 9 heteroatoms. The third-order valence-electron chi connectivity index (χ3n) is 7.26. The van der Waals surface area contributed by atoms with Gasteiger partial charge in [-0.25, -0.2) is 8.42 Å². The lowest BCUT2D eigenvalue weighted by Gasteiger charge is -2.33. The minimum atomic E-state index is -4.07. The SMILES string of the molecule is COc1cccc(CN(C(=O)CN(c2ccccc2)S(=O)(=O)c2ccccc2)[C@H](C)C(=O)NC2CCCCC2)c1. The minimum absolute atomic E-state index is 0.0779. The summed E-state index contributed by atoms with van der Waals surface area (Å²) in [6.07, 6.45) is 5.12. The van der Waals surface area contributed by atoms with Gasteiger partial charge in [-0.05, 0) is 61.7 Å². The van der Waals surface area contributed by atoms with Gasteiger partial charge in [0.2, 0.25) is 11.8 Å². The van der Waals surface area contributed by atoms with Gasteiger partial charge in [-0.15, -0.1) is 0 Å². The van der Waals surface area contributed by atoms with Crippen LogP contribution in [0.2, 0.25) is 0 Å². The molecule has 0 unspecified atom stereocenters. The quantitative estimate of drug-likeness (QED) is 0.363. The lowest BCUT2D eigenvalue weighted by molar-refractivity contribution is -0.139. The van der Waals surface area contributed by atoms with Crippen LogP contribution in [0.25, 0.3) is 0 Å². The van der Waals surface area contributed by atoms with E-state index >= 15 is 0 Å². The summed E-state index contributed by atoms with van der Waals surface area (Å²) in [6, 6.07) is 23.1. The molecule has 1 aliphatic carbocycles. The Hall–Kier alpha value is -3.85. The molecule has 0 radical (unpaired) electrons. The lowest BCUT2D eigenvalue weighted by atomic mass is 9.95. The number of hydrogen-bond donors (Lipinski definition) is 1. The molecule has 8 nitrogen and oxygen atoms in total. The zero-order valence-corrected chi connectivity index (χ0v) is 23.8. The van der Waals surface area contributed by atoms with E-state index in [2.05, 4.69) is 5.32 Å². The first-order valence-corrected chi connectivity index (χ1v) is 15.1. The van der Waals surface area contributed by atoms with Crippen LogP contribution < -0.4 is 14.4 Å². The summed E-state index contributed by atoms with van der Waals surface area (Å²) in [4.78, 5) is 28.9. The summed E-state index contributed by atoms with van der Waals surface area (Å²) in [7, 11) is -2.51. The maximum atomic E-state index is 14.0. The van der Waals surface area contributed by atoms with Crippen molar-refractivity contribution >= 4 is 27.5 Å². The van der Waals surface area contributed by atoms with Crippen LogP contribution in [0.1, 0.15) is 44.6 Å². The first-order chi connectivity index (χ1) is 19.3. The van der Waals surface area contributed by atoms with Crippen molar-refractivity contribution in [3.8, 4) is 5.75 Å². The van der Waals surface area contributed by atoms with Gasteiger partial charge in [0, 0.05) is 12.6 Å². The van der Waals surface area contributed by atoms with Gasteiger partial charge in [-0.3, -0.25) is 13.9 Å². The van der Waals surface area contributed by atoms with Gasteiger partial charge in [0.1, 0.15) is 18.3 Å². The molecule has 1 atom stereocenters. The van der Waals surface area contributed by atoms with E-state index in [1.807, 2.05) is 18.2 Å². The van der Waals surface area contributed by atoms with Crippen molar-refractivity contribution in [2.45, 2.75) is 62.6 Å². The average Bonchev–Trinajstić information content (AvgIpc) is 2.99. The summed E-state index contributed by atoms with van der Waals surface area (Å²) >= 11 is 0. The predicted molar refractivity (Wildman–Crippen MR) is 155 cm³/mol. The standard InChI is InChI=1S/C31H37N3O5S/c1-24(31(36)32-26-14-6-3-7-15-26)33(22-25-13-12-18-28(21-25)39-2)30(35)23-34(27-16-8-4-9-17-27)40(37,38)29-19-10-5-11-20-29/h4-5,8-13,16-21,24,26H,3,6-7,14-15,22-23H2,1-2H3,(H,32,36)/t24-/m1/s1. The van der Waals surface area contributed by atoms with Crippen molar-refractivity contribution in [3.63, 3.8) is 0 Å². The number of amides is 2.